The van der Waals surface area contributed by atoms with Crippen molar-refractivity contribution in [1.29, 1.82) is 0 Å². The number of carbonyl (C=O) groups excluding carboxylic acids is 1. The van der Waals surface area contributed by atoms with Crippen molar-refractivity contribution >= 4 is 40.1 Å². The van der Waals surface area contributed by atoms with Gasteiger partial charge in [0.05, 0.1) is 28.4 Å². The number of alkyl halides is 3. The molecule has 1 N–H and O–H groups in total. The van der Waals surface area contributed by atoms with Crippen molar-refractivity contribution in [3.63, 3.8) is 0 Å². The molecule has 10 heteroatoms. The number of ether oxygens (including phenoxy) is 1. The number of rotatable bonds is 3. The van der Waals surface area contributed by atoms with Gasteiger partial charge in [-0.25, -0.2) is 14.8 Å². The molecule has 0 spiro atoms. The molecule has 0 fully saturated rings. The minimum Gasteiger partial charge on any atom is -0.462 e. The van der Waals surface area contributed by atoms with Crippen LogP contribution in [0.1, 0.15) is 22.8 Å². The number of esters is 1. The summed E-state index contributed by atoms with van der Waals surface area (Å²) in [5.74, 6) is -0.628. The van der Waals surface area contributed by atoms with Gasteiger partial charge in [-0.3, -0.25) is 0 Å². The van der Waals surface area contributed by atoms with Crippen LogP contribution >= 0.6 is 23.2 Å². The third kappa shape index (κ3) is 3.22. The van der Waals surface area contributed by atoms with Crippen LogP contribution in [-0.4, -0.2) is 27.5 Å². The molecule has 3 aromatic rings. The molecule has 2 heterocycles. The second-order valence-corrected chi connectivity index (χ2v) is 5.89. The Morgan fingerprint density at radius 2 is 2.04 bits per heavy atom. The number of halogens is 5. The van der Waals surface area contributed by atoms with E-state index < -0.39 is 17.7 Å². The summed E-state index contributed by atoms with van der Waals surface area (Å²) in [6.45, 7) is 1.81. The highest BCUT2D eigenvalue weighted by Crippen LogP contribution is 2.40. The van der Waals surface area contributed by atoms with Gasteiger partial charge in [0.25, 0.3) is 0 Å². The average molecular weight is 404 g/mol. The van der Waals surface area contributed by atoms with Gasteiger partial charge < -0.3 is 9.72 Å². The van der Waals surface area contributed by atoms with Crippen molar-refractivity contribution in [2.45, 2.75) is 13.1 Å². The van der Waals surface area contributed by atoms with Crippen molar-refractivity contribution in [2.75, 3.05) is 6.61 Å². The monoisotopic (exact) mass is 403 g/mol. The minimum atomic E-state index is -4.67. The lowest BCUT2D eigenvalue weighted by Gasteiger charge is -2.11. The van der Waals surface area contributed by atoms with Crippen LogP contribution in [0.5, 0.6) is 0 Å². The van der Waals surface area contributed by atoms with E-state index in [9.17, 15) is 18.0 Å². The van der Waals surface area contributed by atoms with Gasteiger partial charge >= 0.3 is 12.1 Å². The van der Waals surface area contributed by atoms with Crippen LogP contribution in [0.2, 0.25) is 10.3 Å². The van der Waals surface area contributed by atoms with Crippen LogP contribution < -0.4 is 0 Å². The lowest BCUT2D eigenvalue weighted by molar-refractivity contribution is -0.137. The van der Waals surface area contributed by atoms with E-state index in [1.807, 2.05) is 0 Å². The lowest BCUT2D eigenvalue weighted by Crippen LogP contribution is -2.09. The number of hydrogen-bond donors (Lipinski definition) is 1. The van der Waals surface area contributed by atoms with E-state index >= 15 is 0 Å². The van der Waals surface area contributed by atoms with Crippen molar-refractivity contribution in [3.8, 4) is 11.3 Å². The number of aromatic amines is 1. The molecule has 1 aromatic carbocycles. The molecule has 0 aliphatic heterocycles. The van der Waals surface area contributed by atoms with Crippen LogP contribution in [0.15, 0.2) is 24.5 Å². The fourth-order valence-electron chi connectivity index (χ4n) is 2.50. The predicted molar refractivity (Wildman–Crippen MR) is 90.3 cm³/mol. The van der Waals surface area contributed by atoms with Gasteiger partial charge in [-0.2, -0.15) is 13.2 Å². The highest BCUT2D eigenvalue weighted by atomic mass is 35.5. The van der Waals surface area contributed by atoms with Crippen molar-refractivity contribution in [3.05, 3.63) is 46.0 Å². The summed E-state index contributed by atoms with van der Waals surface area (Å²) in [6.07, 6.45) is -2.73. The zero-order chi connectivity index (χ0) is 19.1. The molecule has 2 aromatic heterocycles. The molecular formula is C16H10Cl2F3N3O2. The number of hydrogen-bond acceptors (Lipinski definition) is 4. The Kier molecular flexibility index (Phi) is 4.81. The number of benzene rings is 1. The maximum Gasteiger partial charge on any atom is 0.419 e. The Morgan fingerprint density at radius 1 is 1.31 bits per heavy atom. The van der Waals surface area contributed by atoms with Crippen LogP contribution in [-0.2, 0) is 10.9 Å². The Hall–Kier alpha value is -2.32. The van der Waals surface area contributed by atoms with Crippen molar-refractivity contribution in [2.24, 2.45) is 0 Å². The fourth-order valence-corrected chi connectivity index (χ4v) is 2.93. The summed E-state index contributed by atoms with van der Waals surface area (Å²) in [7, 11) is 0. The molecule has 0 bridgehead atoms. The number of fused-ring (bicyclic) bond motifs is 1. The Balaban J connectivity index is 2.22. The summed E-state index contributed by atoms with van der Waals surface area (Å²) < 4.78 is 44.8. The third-order valence-electron chi connectivity index (χ3n) is 3.61. The largest absolute Gasteiger partial charge is 0.462 e. The van der Waals surface area contributed by atoms with Gasteiger partial charge in [-0.15, -0.1) is 0 Å². The maximum atomic E-state index is 13.3. The molecule has 0 unspecified atom stereocenters. The quantitative estimate of drug-likeness (QED) is 0.486. The molecule has 3 rings (SSSR count). The fraction of sp³-hybridized carbons (Fsp3) is 0.188. The first-order valence-corrected chi connectivity index (χ1v) is 8.06. The highest BCUT2D eigenvalue weighted by Gasteiger charge is 2.36. The first-order chi connectivity index (χ1) is 12.2. The van der Waals surface area contributed by atoms with Gasteiger partial charge in [-0.05, 0) is 24.6 Å². The molecule has 0 aliphatic carbocycles. The van der Waals surface area contributed by atoms with Crippen LogP contribution in [0.4, 0.5) is 13.2 Å². The SMILES string of the molecule is CCOC(=O)c1ccc2c(-c3nc(Cl)ncc3C(F)(F)F)c[nH]c2c1Cl. The summed E-state index contributed by atoms with van der Waals surface area (Å²) in [5.41, 5.74) is -0.896. The van der Waals surface area contributed by atoms with Crippen LogP contribution in [0.3, 0.4) is 0 Å². The molecule has 5 nitrogen and oxygen atoms in total. The topological polar surface area (TPSA) is 67.9 Å². The lowest BCUT2D eigenvalue weighted by atomic mass is 10.0. The molecule has 0 amide bonds. The summed E-state index contributed by atoms with van der Waals surface area (Å²) >= 11 is 11.9. The predicted octanol–water partition coefficient (Wildman–Crippen LogP) is 5.13. The summed E-state index contributed by atoms with van der Waals surface area (Å²) in [5, 5.41) is 0.0702. The standard InChI is InChI=1S/C16H10Cl2F3N3O2/c1-2-26-14(25)8-4-3-7-9(5-22-13(7)11(8)17)12-10(16(19,20)21)6-23-15(18)24-12/h3-6,22H,2H2,1H3. The molecule has 26 heavy (non-hydrogen) atoms. The first-order valence-electron chi connectivity index (χ1n) is 7.30. The number of aromatic nitrogens is 3. The zero-order valence-corrected chi connectivity index (χ0v) is 14.6. The van der Waals surface area contributed by atoms with E-state index in [0.717, 1.165) is 0 Å². The Labute approximate surface area is 155 Å². The smallest absolute Gasteiger partial charge is 0.419 e. The highest BCUT2D eigenvalue weighted by molar-refractivity contribution is 6.38. The molecule has 136 valence electrons. The van der Waals surface area contributed by atoms with Gasteiger partial charge in [0, 0.05) is 23.3 Å². The maximum absolute atomic E-state index is 13.3. The average Bonchev–Trinajstić information content (AvgIpc) is 2.99. The molecular weight excluding hydrogens is 394 g/mol. The van der Waals surface area contributed by atoms with E-state index in [0.29, 0.717) is 11.6 Å². The van der Waals surface area contributed by atoms with Crippen molar-refractivity contribution in [1.82, 2.24) is 15.0 Å². The second-order valence-electron chi connectivity index (χ2n) is 5.17. The normalized spacial score (nSPS) is 11.8. The minimum absolute atomic E-state index is 0.0425. The summed E-state index contributed by atoms with van der Waals surface area (Å²) in [6, 6.07) is 2.85. The molecule has 0 radical (unpaired) electrons. The van der Waals surface area contributed by atoms with Crippen LogP contribution in [0, 0.1) is 0 Å². The number of H-pyrrole nitrogens is 1. The Morgan fingerprint density at radius 3 is 2.69 bits per heavy atom. The van der Waals surface area contributed by atoms with E-state index in [4.69, 9.17) is 27.9 Å². The van der Waals surface area contributed by atoms with Gasteiger partial charge in [0.15, 0.2) is 0 Å². The van der Waals surface area contributed by atoms with Crippen LogP contribution in [0.25, 0.3) is 22.2 Å². The Bertz CT molecular complexity index is 1000. The summed E-state index contributed by atoms with van der Waals surface area (Å²) in [4.78, 5) is 21.8. The number of carbonyl (C=O) groups is 1. The van der Waals surface area contributed by atoms with Gasteiger partial charge in [0.2, 0.25) is 5.28 Å². The van der Waals surface area contributed by atoms with E-state index in [1.165, 1.54) is 18.3 Å². The first kappa shape index (κ1) is 18.5. The van der Waals surface area contributed by atoms with Gasteiger partial charge in [-0.1, -0.05) is 17.7 Å². The third-order valence-corrected chi connectivity index (χ3v) is 4.18. The van der Waals surface area contributed by atoms with E-state index in [-0.39, 0.29) is 39.3 Å². The van der Waals surface area contributed by atoms with Gasteiger partial charge in [0.1, 0.15) is 5.56 Å². The van der Waals surface area contributed by atoms with Crippen molar-refractivity contribution < 1.29 is 22.7 Å². The zero-order valence-electron chi connectivity index (χ0n) is 13.1. The molecule has 0 aliphatic rings. The second kappa shape index (κ2) is 6.77. The number of nitrogens with zero attached hydrogens (tertiary/aromatic N) is 2. The molecule has 0 saturated carbocycles. The van der Waals surface area contributed by atoms with E-state index in [2.05, 4.69) is 15.0 Å². The molecule has 0 saturated heterocycles. The molecule has 0 atom stereocenters. The van der Waals surface area contributed by atoms with E-state index in [1.54, 1.807) is 6.92 Å². The number of nitrogens with one attached hydrogen (secondary N) is 1.